The predicted molar refractivity (Wildman–Crippen MR) is 123 cm³/mol. The van der Waals surface area contributed by atoms with Gasteiger partial charge in [-0.25, -0.2) is 4.68 Å². The van der Waals surface area contributed by atoms with Gasteiger partial charge in [0, 0.05) is 22.4 Å². The molecule has 3 aromatic rings. The van der Waals surface area contributed by atoms with Crippen molar-refractivity contribution in [3.05, 3.63) is 80.9 Å². The minimum Gasteiger partial charge on any atom is -0.489 e. The Morgan fingerprint density at radius 3 is 2.67 bits per heavy atom. The second-order valence-corrected chi connectivity index (χ2v) is 10.00. The summed E-state index contributed by atoms with van der Waals surface area (Å²) in [7, 11) is 0. The van der Waals surface area contributed by atoms with Crippen molar-refractivity contribution in [2.24, 2.45) is 5.92 Å². The van der Waals surface area contributed by atoms with Crippen LogP contribution in [-0.2, 0) is 13.0 Å². The highest BCUT2D eigenvalue weighted by molar-refractivity contribution is 8.07. The molecular formula is C22H21ClN4OS2. The van der Waals surface area contributed by atoms with Crippen LogP contribution in [0.25, 0.3) is 0 Å². The van der Waals surface area contributed by atoms with E-state index in [1.54, 1.807) is 11.8 Å². The molecule has 3 heterocycles. The molecule has 0 N–H and O–H groups in total. The Kier molecular flexibility index (Phi) is 5.43. The van der Waals surface area contributed by atoms with Gasteiger partial charge in [-0.15, -0.1) is 10.2 Å². The first-order valence-corrected chi connectivity index (χ1v) is 12.0. The third-order valence-corrected chi connectivity index (χ3v) is 7.50. The SMILES string of the molecule is CC(C)Cc1nnc2n1N1C(=CSC1c1ccc(OCc3ccccc3Cl)cc1)S2. The Hall–Kier alpha value is -2.09. The molecule has 1 aromatic heterocycles. The number of benzene rings is 2. The van der Waals surface area contributed by atoms with Crippen LogP contribution in [0.4, 0.5) is 0 Å². The Bertz CT molecular complexity index is 1100. The summed E-state index contributed by atoms with van der Waals surface area (Å²) in [6.45, 7) is 4.87. The predicted octanol–water partition coefficient (Wildman–Crippen LogP) is 6.00. The van der Waals surface area contributed by atoms with Gasteiger partial charge in [0.15, 0.2) is 5.82 Å². The van der Waals surface area contributed by atoms with E-state index in [-0.39, 0.29) is 5.37 Å². The summed E-state index contributed by atoms with van der Waals surface area (Å²) >= 11 is 9.71. The molecule has 2 aromatic carbocycles. The van der Waals surface area contributed by atoms with Crippen LogP contribution in [0.2, 0.25) is 5.02 Å². The molecule has 0 bridgehead atoms. The fourth-order valence-corrected chi connectivity index (χ4v) is 5.95. The zero-order valence-electron chi connectivity index (χ0n) is 16.7. The first kappa shape index (κ1) is 19.8. The third kappa shape index (κ3) is 3.70. The molecule has 5 nitrogen and oxygen atoms in total. The normalized spacial score (nSPS) is 17.3. The van der Waals surface area contributed by atoms with Crippen LogP contribution in [0.5, 0.6) is 5.75 Å². The molecule has 0 saturated heterocycles. The van der Waals surface area contributed by atoms with Crippen LogP contribution >= 0.6 is 35.1 Å². The maximum Gasteiger partial charge on any atom is 0.216 e. The first-order valence-electron chi connectivity index (χ1n) is 9.83. The molecule has 0 amide bonds. The summed E-state index contributed by atoms with van der Waals surface area (Å²) in [5.74, 6) is 2.37. The van der Waals surface area contributed by atoms with Crippen molar-refractivity contribution in [2.75, 3.05) is 5.01 Å². The molecule has 8 heteroatoms. The second-order valence-electron chi connectivity index (χ2n) is 7.65. The Morgan fingerprint density at radius 1 is 1.10 bits per heavy atom. The van der Waals surface area contributed by atoms with E-state index in [0.29, 0.717) is 12.5 Å². The molecule has 0 radical (unpaired) electrons. The average Bonchev–Trinajstić information content (AvgIpc) is 3.40. The number of halogens is 1. The lowest BCUT2D eigenvalue weighted by Crippen LogP contribution is -2.31. The fraction of sp³-hybridized carbons (Fsp3) is 0.273. The van der Waals surface area contributed by atoms with Gasteiger partial charge in [-0.1, -0.05) is 67.5 Å². The van der Waals surface area contributed by atoms with Crippen LogP contribution in [0, 0.1) is 5.92 Å². The summed E-state index contributed by atoms with van der Waals surface area (Å²) in [6, 6.07) is 16.1. The van der Waals surface area contributed by atoms with Gasteiger partial charge in [-0.3, -0.25) is 5.01 Å². The molecule has 0 aliphatic carbocycles. The molecule has 0 saturated carbocycles. The van der Waals surface area contributed by atoms with Gasteiger partial charge < -0.3 is 4.74 Å². The van der Waals surface area contributed by atoms with Crippen LogP contribution in [0.1, 0.15) is 36.2 Å². The van der Waals surface area contributed by atoms with Gasteiger partial charge >= 0.3 is 0 Å². The van der Waals surface area contributed by atoms with Crippen molar-refractivity contribution in [1.82, 2.24) is 14.9 Å². The number of rotatable bonds is 6. The number of hydrogen-bond donors (Lipinski definition) is 0. The lowest BCUT2D eigenvalue weighted by molar-refractivity contribution is 0.306. The highest BCUT2D eigenvalue weighted by Gasteiger charge is 2.39. The Labute approximate surface area is 189 Å². The Balaban J connectivity index is 1.33. The van der Waals surface area contributed by atoms with Gasteiger partial charge in [0.05, 0.1) is 0 Å². The first-order chi connectivity index (χ1) is 14.6. The quantitative estimate of drug-likeness (QED) is 0.453. The highest BCUT2D eigenvalue weighted by atomic mass is 35.5. The number of ether oxygens (including phenoxy) is 1. The van der Waals surface area contributed by atoms with E-state index < -0.39 is 0 Å². The molecule has 2 aliphatic rings. The molecule has 0 fully saturated rings. The van der Waals surface area contributed by atoms with Crippen molar-refractivity contribution in [3.63, 3.8) is 0 Å². The molecule has 1 atom stereocenters. The molecule has 5 rings (SSSR count). The summed E-state index contributed by atoms with van der Waals surface area (Å²) < 4.78 is 8.12. The maximum absolute atomic E-state index is 6.22. The standard InChI is InChI=1S/C22H21ClN4OS2/c1-14(2)11-19-24-25-22-26(19)27-20(30-22)13-29-21(27)15-7-9-17(10-8-15)28-12-16-5-3-4-6-18(16)23/h3-10,13-14,21H,11-12H2,1-2H3. The number of fused-ring (bicyclic) bond motifs is 3. The molecule has 30 heavy (non-hydrogen) atoms. The number of nitrogens with zero attached hydrogens (tertiary/aromatic N) is 4. The van der Waals surface area contributed by atoms with Gasteiger partial charge in [0.1, 0.15) is 22.8 Å². The molecule has 0 spiro atoms. The van der Waals surface area contributed by atoms with E-state index in [4.69, 9.17) is 16.3 Å². The van der Waals surface area contributed by atoms with Gasteiger partial charge in [-0.05, 0) is 41.4 Å². The van der Waals surface area contributed by atoms with E-state index in [1.807, 2.05) is 48.2 Å². The van der Waals surface area contributed by atoms with E-state index in [2.05, 4.69) is 51.3 Å². The monoisotopic (exact) mass is 456 g/mol. The number of thioether (sulfide) groups is 2. The number of hydrogen-bond acceptors (Lipinski definition) is 6. The topological polar surface area (TPSA) is 43.2 Å². The van der Waals surface area contributed by atoms with E-state index in [9.17, 15) is 0 Å². The van der Waals surface area contributed by atoms with Crippen LogP contribution in [-0.4, -0.2) is 14.9 Å². The largest absolute Gasteiger partial charge is 0.489 e. The van der Waals surface area contributed by atoms with Crippen molar-refractivity contribution in [2.45, 2.75) is 37.4 Å². The summed E-state index contributed by atoms with van der Waals surface area (Å²) in [5.41, 5.74) is 2.20. The van der Waals surface area contributed by atoms with Crippen LogP contribution < -0.4 is 9.75 Å². The zero-order chi connectivity index (χ0) is 20.7. The van der Waals surface area contributed by atoms with Crippen LogP contribution in [0.3, 0.4) is 0 Å². The zero-order valence-corrected chi connectivity index (χ0v) is 19.0. The van der Waals surface area contributed by atoms with Crippen molar-refractivity contribution >= 4 is 35.1 Å². The van der Waals surface area contributed by atoms with Crippen molar-refractivity contribution in [3.8, 4) is 5.75 Å². The molecule has 1 unspecified atom stereocenters. The number of aromatic nitrogens is 3. The highest BCUT2D eigenvalue weighted by Crippen LogP contribution is 2.51. The summed E-state index contributed by atoms with van der Waals surface area (Å²) in [5, 5.41) is 16.4. The fourth-order valence-electron chi connectivity index (χ4n) is 3.51. The van der Waals surface area contributed by atoms with Gasteiger partial charge in [-0.2, -0.15) is 0 Å². The smallest absolute Gasteiger partial charge is 0.216 e. The van der Waals surface area contributed by atoms with Crippen LogP contribution in [0.15, 0.2) is 64.1 Å². The van der Waals surface area contributed by atoms with Gasteiger partial charge in [0.25, 0.3) is 0 Å². The molecule has 2 aliphatic heterocycles. The molecule has 154 valence electrons. The minimum atomic E-state index is 0.160. The van der Waals surface area contributed by atoms with Crippen molar-refractivity contribution in [1.29, 1.82) is 0 Å². The Morgan fingerprint density at radius 2 is 1.90 bits per heavy atom. The average molecular weight is 457 g/mol. The lowest BCUT2D eigenvalue weighted by Gasteiger charge is -2.26. The minimum absolute atomic E-state index is 0.160. The lowest BCUT2D eigenvalue weighted by atomic mass is 10.1. The summed E-state index contributed by atoms with van der Waals surface area (Å²) in [4.78, 5) is 0. The molecular weight excluding hydrogens is 436 g/mol. The third-order valence-electron chi connectivity index (χ3n) is 4.94. The van der Waals surface area contributed by atoms with E-state index in [1.165, 1.54) is 10.6 Å². The van der Waals surface area contributed by atoms with Gasteiger partial charge in [0.2, 0.25) is 5.16 Å². The second kappa shape index (κ2) is 8.21. The van der Waals surface area contributed by atoms with Crippen molar-refractivity contribution < 1.29 is 4.74 Å². The summed E-state index contributed by atoms with van der Waals surface area (Å²) in [6.07, 6.45) is 0.906. The maximum atomic E-state index is 6.22. The van der Waals surface area contributed by atoms with E-state index in [0.717, 1.165) is 33.7 Å². The van der Waals surface area contributed by atoms with E-state index >= 15 is 0 Å².